The van der Waals surface area contributed by atoms with Gasteiger partial charge in [-0.05, 0) is 35.6 Å². The van der Waals surface area contributed by atoms with Gasteiger partial charge in [0.05, 0.1) is 6.26 Å². The van der Waals surface area contributed by atoms with Crippen LogP contribution in [0.5, 0.6) is 5.75 Å². The molecule has 0 radical (unpaired) electrons. The second-order valence-corrected chi connectivity index (χ2v) is 10.4. The molecule has 2 heteroatoms. The molecular weight excluding hydrogens is 340 g/mol. The normalized spacial score (nSPS) is 13.4. The molecule has 0 spiro atoms. The Morgan fingerprint density at radius 1 is 1.24 bits per heavy atom. The first-order chi connectivity index (χ1) is 11.7. The van der Waals surface area contributed by atoms with Gasteiger partial charge in [-0.25, -0.2) is 0 Å². The standard InChI is InChI=1S/C15H20O.C5H5.C3H6.Ti/c1-6-13(15(3,4)5)11-16-14-9-7-8-12(2)10-14;1-2-4-5-3-1;1-3-2;/h6-11H,1H2,2-5H3;1-3H,4H2;1-2H3;. The van der Waals surface area contributed by atoms with E-state index in [1.54, 1.807) is 14.0 Å². The van der Waals surface area contributed by atoms with Crippen LogP contribution in [0.3, 0.4) is 0 Å². The van der Waals surface area contributed by atoms with Crippen LogP contribution in [0, 0.1) is 12.3 Å². The summed E-state index contributed by atoms with van der Waals surface area (Å²) < 4.78 is 8.94. The van der Waals surface area contributed by atoms with Crippen LogP contribution < -0.4 is 4.74 Å². The van der Waals surface area contributed by atoms with Gasteiger partial charge in [0.25, 0.3) is 0 Å². The molecule has 0 heterocycles. The van der Waals surface area contributed by atoms with Crippen molar-refractivity contribution in [1.29, 1.82) is 0 Å². The zero-order valence-corrected chi connectivity index (χ0v) is 18.1. The molecule has 25 heavy (non-hydrogen) atoms. The van der Waals surface area contributed by atoms with Crippen molar-refractivity contribution in [3.05, 3.63) is 76.4 Å². The van der Waals surface area contributed by atoms with Gasteiger partial charge < -0.3 is 4.74 Å². The summed E-state index contributed by atoms with van der Waals surface area (Å²) in [5, 5.41) is 0. The topological polar surface area (TPSA) is 9.23 Å². The molecule has 0 saturated heterocycles. The molecule has 0 aliphatic heterocycles. The van der Waals surface area contributed by atoms with Crippen LogP contribution in [0.1, 0.15) is 46.6 Å². The number of allylic oxidation sites excluding steroid dienone is 6. The molecule has 0 saturated carbocycles. The molecule has 2 rings (SSSR count). The molecule has 1 aliphatic carbocycles. The van der Waals surface area contributed by atoms with Crippen LogP contribution in [0.15, 0.2) is 70.9 Å². The van der Waals surface area contributed by atoms with E-state index in [9.17, 15) is 0 Å². The minimum atomic E-state index is 0.0611. The molecule has 1 nitrogen and oxygen atoms in total. The third kappa shape index (κ3) is 9.00. The Labute approximate surface area is 162 Å². The Kier molecular flexibility index (Phi) is 9.10. The Bertz CT molecular complexity index is 693. The minimum absolute atomic E-state index is 0.0611. The number of ether oxygens (including phenoxy) is 1. The van der Waals surface area contributed by atoms with Crippen LogP contribution in [-0.4, -0.2) is 3.81 Å². The van der Waals surface area contributed by atoms with Crippen molar-refractivity contribution < 1.29 is 23.4 Å². The molecule has 0 N–H and O–H groups in total. The number of benzene rings is 1. The van der Waals surface area contributed by atoms with Crippen LogP contribution in [0.25, 0.3) is 0 Å². The Morgan fingerprint density at radius 3 is 2.44 bits per heavy atom. The van der Waals surface area contributed by atoms with Gasteiger partial charge in [0.1, 0.15) is 5.75 Å². The number of aryl methyl sites for hydroxylation is 1. The van der Waals surface area contributed by atoms with Gasteiger partial charge in [-0.1, -0.05) is 45.6 Å². The first kappa shape index (κ1) is 21.6. The molecule has 0 unspecified atom stereocenters. The van der Waals surface area contributed by atoms with E-state index in [0.717, 1.165) is 11.3 Å². The van der Waals surface area contributed by atoms with Crippen molar-refractivity contribution >= 4 is 3.81 Å². The van der Waals surface area contributed by atoms with Gasteiger partial charge in [-0.3, -0.25) is 0 Å². The van der Waals surface area contributed by atoms with Gasteiger partial charge in [-0.2, -0.15) is 0 Å². The van der Waals surface area contributed by atoms with Crippen molar-refractivity contribution in [3.63, 3.8) is 0 Å². The molecule has 133 valence electrons. The molecule has 1 aliphatic rings. The first-order valence-corrected chi connectivity index (χ1v) is 10.3. The molecule has 1 aromatic rings. The summed E-state index contributed by atoms with van der Waals surface area (Å²) in [6, 6.07) is 8.00. The summed E-state index contributed by atoms with van der Waals surface area (Å²) in [6.45, 7) is 16.7. The van der Waals surface area contributed by atoms with Gasteiger partial charge in [0.15, 0.2) is 0 Å². The zero-order valence-electron chi connectivity index (χ0n) is 16.5. The van der Waals surface area contributed by atoms with Gasteiger partial charge in [0.2, 0.25) is 0 Å². The third-order valence-corrected chi connectivity index (χ3v) is 5.44. The fraction of sp³-hybridized carbons (Fsp3) is 0.348. The van der Waals surface area contributed by atoms with Crippen molar-refractivity contribution in [2.24, 2.45) is 5.41 Å². The summed E-state index contributed by atoms with van der Waals surface area (Å²) in [5.74, 6) is 0.864. The molecular formula is C23H31OTi. The van der Waals surface area contributed by atoms with E-state index < -0.39 is 0 Å². The van der Waals surface area contributed by atoms with Crippen LogP contribution in [0.4, 0.5) is 0 Å². The van der Waals surface area contributed by atoms with Gasteiger partial charge in [0, 0.05) is 0 Å². The Morgan fingerprint density at radius 2 is 1.96 bits per heavy atom. The maximum absolute atomic E-state index is 5.63. The van der Waals surface area contributed by atoms with E-state index >= 15 is 0 Å². The maximum atomic E-state index is 5.63. The average Bonchev–Trinajstić information content (AvgIpc) is 2.99. The molecule has 0 fully saturated rings. The van der Waals surface area contributed by atoms with E-state index in [2.05, 4.69) is 72.4 Å². The summed E-state index contributed by atoms with van der Waals surface area (Å²) in [5.41, 5.74) is 2.35. The van der Waals surface area contributed by atoms with Gasteiger partial charge in [-0.15, -0.1) is 0 Å². The quantitative estimate of drug-likeness (QED) is 0.328. The molecule has 0 atom stereocenters. The molecule has 0 bridgehead atoms. The average molecular weight is 371 g/mol. The van der Waals surface area contributed by atoms with Crippen molar-refractivity contribution in [2.45, 2.75) is 48.0 Å². The summed E-state index contributed by atoms with van der Waals surface area (Å²) in [6.07, 6.45) is 11.5. The van der Waals surface area contributed by atoms with E-state index in [4.69, 9.17) is 4.74 Å². The van der Waals surface area contributed by atoms with Crippen LogP contribution >= 0.6 is 0 Å². The number of rotatable bonds is 4. The van der Waals surface area contributed by atoms with Gasteiger partial charge >= 0.3 is 64.9 Å². The predicted molar refractivity (Wildman–Crippen MR) is 108 cm³/mol. The molecule has 0 aromatic heterocycles. The van der Waals surface area contributed by atoms with Crippen LogP contribution in [-0.2, 0) is 18.7 Å². The van der Waals surface area contributed by atoms with E-state index in [0.29, 0.717) is 0 Å². The monoisotopic (exact) mass is 371 g/mol. The summed E-state index contributed by atoms with van der Waals surface area (Å²) in [7, 11) is 0. The van der Waals surface area contributed by atoms with E-state index in [1.807, 2.05) is 24.3 Å². The zero-order chi connectivity index (χ0) is 18.9. The summed E-state index contributed by atoms with van der Waals surface area (Å²) in [4.78, 5) is 0. The number of hydrogen-bond acceptors (Lipinski definition) is 1. The fourth-order valence-electron chi connectivity index (χ4n) is 2.21. The number of hydrogen-bond donors (Lipinski definition) is 0. The van der Waals surface area contributed by atoms with Crippen molar-refractivity contribution in [2.75, 3.05) is 0 Å². The summed E-state index contributed by atoms with van der Waals surface area (Å²) >= 11 is 0.153. The first-order valence-electron chi connectivity index (χ1n) is 8.71. The Hall–Kier alpha value is -1.44. The Balaban J connectivity index is 0.000000293. The van der Waals surface area contributed by atoms with Crippen molar-refractivity contribution in [3.8, 4) is 5.75 Å². The SMILES string of the molecule is C=CC(=COc1cccc(C)c1)C(C)(C)C.C[C](C)=[Ti][C]1=CC=CC1. The van der Waals surface area contributed by atoms with Crippen molar-refractivity contribution in [1.82, 2.24) is 0 Å². The second kappa shape index (κ2) is 10.5. The predicted octanol–water partition coefficient (Wildman–Crippen LogP) is 6.61. The van der Waals surface area contributed by atoms with Crippen LogP contribution in [0.2, 0.25) is 0 Å². The second-order valence-electron chi connectivity index (χ2n) is 7.41. The fourth-order valence-corrected chi connectivity index (χ4v) is 3.84. The third-order valence-electron chi connectivity index (χ3n) is 3.58. The molecule has 0 amide bonds. The van der Waals surface area contributed by atoms with E-state index in [1.165, 1.54) is 12.0 Å². The molecule has 1 aromatic carbocycles. The van der Waals surface area contributed by atoms with E-state index in [-0.39, 0.29) is 24.1 Å².